The van der Waals surface area contributed by atoms with E-state index in [0.717, 1.165) is 60.2 Å². The number of benzene rings is 2. The Morgan fingerprint density at radius 2 is 1.86 bits per heavy atom. The molecule has 1 atom stereocenters. The molecule has 0 spiro atoms. The van der Waals surface area contributed by atoms with E-state index >= 15 is 0 Å². The molecule has 0 saturated carbocycles. The summed E-state index contributed by atoms with van der Waals surface area (Å²) in [4.78, 5) is 20.2. The van der Waals surface area contributed by atoms with Crippen LogP contribution in [0.4, 0.5) is 11.5 Å². The average molecular weight is 513 g/mol. The summed E-state index contributed by atoms with van der Waals surface area (Å²) >= 11 is 6.20. The molecule has 0 unspecified atom stereocenters. The fraction of sp³-hybridized carbons (Fsp3) is 0.385. The number of fused-ring (bicyclic) bond motifs is 1. The van der Waals surface area contributed by atoms with Gasteiger partial charge in [0, 0.05) is 42.3 Å². The minimum Gasteiger partial charge on any atom is -0.356 e. The van der Waals surface area contributed by atoms with Crippen LogP contribution in [-0.4, -0.2) is 49.8 Å². The van der Waals surface area contributed by atoms with Gasteiger partial charge in [0.15, 0.2) is 0 Å². The molecule has 0 radical (unpaired) electrons. The molecular weight excluding hydrogens is 484 g/mol. The summed E-state index contributed by atoms with van der Waals surface area (Å²) in [7, 11) is -3.47. The molecule has 0 bridgehead atoms. The van der Waals surface area contributed by atoms with Gasteiger partial charge in [-0.2, -0.15) is 4.31 Å². The molecule has 9 heteroatoms. The van der Waals surface area contributed by atoms with Gasteiger partial charge in [-0.25, -0.2) is 13.4 Å². The largest absolute Gasteiger partial charge is 0.356 e. The molecule has 2 aromatic carbocycles. The molecule has 7 nitrogen and oxygen atoms in total. The highest BCUT2D eigenvalue weighted by molar-refractivity contribution is 7.89. The maximum Gasteiger partial charge on any atom is 0.243 e. The number of rotatable bonds is 5. The van der Waals surface area contributed by atoms with E-state index in [0.29, 0.717) is 29.6 Å². The van der Waals surface area contributed by atoms with E-state index < -0.39 is 10.0 Å². The van der Waals surface area contributed by atoms with Crippen LogP contribution in [0.2, 0.25) is 5.02 Å². The molecule has 2 aliphatic heterocycles. The van der Waals surface area contributed by atoms with Gasteiger partial charge in [-0.3, -0.25) is 4.79 Å². The first-order valence-corrected chi connectivity index (χ1v) is 13.9. The van der Waals surface area contributed by atoms with Crippen LogP contribution < -0.4 is 10.2 Å². The van der Waals surface area contributed by atoms with Gasteiger partial charge in [-0.15, -0.1) is 0 Å². The van der Waals surface area contributed by atoms with Gasteiger partial charge in [-0.05, 0) is 80.6 Å². The van der Waals surface area contributed by atoms with E-state index in [1.54, 1.807) is 22.5 Å². The van der Waals surface area contributed by atoms with Crippen molar-refractivity contribution < 1.29 is 13.2 Å². The van der Waals surface area contributed by atoms with Crippen LogP contribution in [0.25, 0.3) is 10.9 Å². The number of pyridine rings is 1. The van der Waals surface area contributed by atoms with Crippen LogP contribution in [0.5, 0.6) is 0 Å². The van der Waals surface area contributed by atoms with Gasteiger partial charge < -0.3 is 10.2 Å². The molecule has 3 heterocycles. The van der Waals surface area contributed by atoms with Crippen molar-refractivity contribution >= 4 is 49.9 Å². The zero-order valence-corrected chi connectivity index (χ0v) is 21.3. The lowest BCUT2D eigenvalue weighted by atomic mass is 9.96. The van der Waals surface area contributed by atoms with Crippen LogP contribution in [0.3, 0.4) is 0 Å². The average Bonchev–Trinajstić information content (AvgIpc) is 3.42. The number of nitrogens with zero attached hydrogens (tertiary/aromatic N) is 3. The molecule has 5 rings (SSSR count). The Morgan fingerprint density at radius 1 is 1.06 bits per heavy atom. The molecule has 2 saturated heterocycles. The fourth-order valence-corrected chi connectivity index (χ4v) is 6.61. The molecule has 1 aromatic heterocycles. The lowest BCUT2D eigenvalue weighted by Gasteiger charge is -2.33. The van der Waals surface area contributed by atoms with E-state index in [-0.39, 0.29) is 11.8 Å². The number of halogens is 1. The highest BCUT2D eigenvalue weighted by atomic mass is 35.5. The number of carbonyl (C=O) groups excluding carboxylic acids is 1. The molecule has 2 fully saturated rings. The van der Waals surface area contributed by atoms with Crippen LogP contribution >= 0.6 is 11.6 Å². The lowest BCUT2D eigenvalue weighted by molar-refractivity contribution is -0.120. The molecule has 1 N–H and O–H groups in total. The number of hydrogen-bond acceptors (Lipinski definition) is 5. The molecule has 1 amide bonds. The van der Waals surface area contributed by atoms with Crippen molar-refractivity contribution in [2.24, 2.45) is 5.92 Å². The summed E-state index contributed by atoms with van der Waals surface area (Å²) in [6.07, 6.45) is 3.52. The number of carbonyl (C=O) groups is 1. The molecular formula is C26H29ClN4O3S. The summed E-state index contributed by atoms with van der Waals surface area (Å²) < 4.78 is 27.4. The van der Waals surface area contributed by atoms with Gasteiger partial charge in [0.2, 0.25) is 15.9 Å². The molecule has 0 aliphatic carbocycles. The van der Waals surface area contributed by atoms with Crippen molar-refractivity contribution in [2.45, 2.75) is 37.5 Å². The van der Waals surface area contributed by atoms with E-state index in [2.05, 4.69) is 10.2 Å². The third-order valence-electron chi connectivity index (χ3n) is 6.99. The third kappa shape index (κ3) is 4.87. The third-order valence-corrected chi connectivity index (χ3v) is 9.29. The summed E-state index contributed by atoms with van der Waals surface area (Å²) in [5.74, 6) is 0.620. The SMILES string of the molecule is Cc1c(Cl)cccc1NC(=O)[C@H]1CCCN(c2ccc3cc(S(=O)(=O)N4CCCC4)ccc3n2)C1. The van der Waals surface area contributed by atoms with Crippen molar-refractivity contribution in [2.75, 3.05) is 36.4 Å². The van der Waals surface area contributed by atoms with Crippen LogP contribution in [0.1, 0.15) is 31.2 Å². The van der Waals surface area contributed by atoms with Crippen molar-refractivity contribution in [1.29, 1.82) is 0 Å². The number of amides is 1. The van der Waals surface area contributed by atoms with Gasteiger partial charge in [0.1, 0.15) is 5.82 Å². The van der Waals surface area contributed by atoms with Crippen molar-refractivity contribution in [3.63, 3.8) is 0 Å². The highest BCUT2D eigenvalue weighted by Crippen LogP contribution is 2.29. The second kappa shape index (κ2) is 9.76. The Morgan fingerprint density at radius 3 is 2.66 bits per heavy atom. The predicted molar refractivity (Wildman–Crippen MR) is 139 cm³/mol. The van der Waals surface area contributed by atoms with Crippen LogP contribution in [0.15, 0.2) is 53.4 Å². The second-order valence-corrected chi connectivity index (χ2v) is 11.7. The van der Waals surface area contributed by atoms with Gasteiger partial charge >= 0.3 is 0 Å². The maximum absolute atomic E-state index is 13.0. The highest BCUT2D eigenvalue weighted by Gasteiger charge is 2.29. The lowest BCUT2D eigenvalue weighted by Crippen LogP contribution is -2.41. The quantitative estimate of drug-likeness (QED) is 0.529. The van der Waals surface area contributed by atoms with Gasteiger partial charge in [0.25, 0.3) is 0 Å². The molecule has 184 valence electrons. The topological polar surface area (TPSA) is 82.6 Å². The van der Waals surface area contributed by atoms with Crippen molar-refractivity contribution in [3.05, 3.63) is 59.1 Å². The number of piperidine rings is 1. The monoisotopic (exact) mass is 512 g/mol. The van der Waals surface area contributed by atoms with E-state index in [9.17, 15) is 13.2 Å². The Hall–Kier alpha value is -2.68. The standard InChI is InChI=1S/C26H29ClN4O3S/c1-18-22(27)7-4-8-23(18)29-26(32)20-6-5-13-30(17-20)25-12-9-19-16-21(10-11-24(19)28-25)35(33,34)31-14-2-3-15-31/h4,7-12,16,20H,2-3,5-6,13-15,17H2,1H3,(H,29,32)/t20-/m0/s1. The van der Waals surface area contributed by atoms with Crippen molar-refractivity contribution in [1.82, 2.24) is 9.29 Å². The summed E-state index contributed by atoms with van der Waals surface area (Å²) in [6.45, 7) is 4.45. The van der Waals surface area contributed by atoms with Crippen molar-refractivity contribution in [3.8, 4) is 0 Å². The Balaban J connectivity index is 1.32. The second-order valence-electron chi connectivity index (χ2n) is 9.32. The van der Waals surface area contributed by atoms with E-state index in [4.69, 9.17) is 16.6 Å². The Kier molecular flexibility index (Phi) is 6.70. The summed E-state index contributed by atoms with van der Waals surface area (Å²) in [5.41, 5.74) is 2.34. The fourth-order valence-electron chi connectivity index (χ4n) is 4.88. The number of aromatic nitrogens is 1. The first-order chi connectivity index (χ1) is 16.8. The summed E-state index contributed by atoms with van der Waals surface area (Å²) in [6, 6.07) is 14.5. The minimum absolute atomic E-state index is 0.0161. The number of anilines is 2. The molecule has 35 heavy (non-hydrogen) atoms. The zero-order chi connectivity index (χ0) is 24.6. The Bertz CT molecular complexity index is 1370. The first-order valence-electron chi connectivity index (χ1n) is 12.0. The van der Waals surface area contributed by atoms with Crippen LogP contribution in [-0.2, 0) is 14.8 Å². The molecule has 3 aromatic rings. The van der Waals surface area contributed by atoms with E-state index in [1.165, 1.54) is 0 Å². The van der Waals surface area contributed by atoms with E-state index in [1.807, 2.05) is 37.3 Å². The normalized spacial score (nSPS) is 19.3. The van der Waals surface area contributed by atoms with Crippen LogP contribution in [0, 0.1) is 12.8 Å². The van der Waals surface area contributed by atoms with Gasteiger partial charge in [0.05, 0.1) is 16.3 Å². The number of nitrogens with one attached hydrogen (secondary N) is 1. The predicted octanol–water partition coefficient (Wildman–Crippen LogP) is 4.84. The molecule has 2 aliphatic rings. The first kappa shape index (κ1) is 24.0. The maximum atomic E-state index is 13.0. The Labute approximate surface area is 211 Å². The summed E-state index contributed by atoms with van der Waals surface area (Å²) in [5, 5.41) is 4.45. The minimum atomic E-state index is -3.47. The zero-order valence-electron chi connectivity index (χ0n) is 19.7. The number of sulfonamides is 1. The smallest absolute Gasteiger partial charge is 0.243 e. The van der Waals surface area contributed by atoms with Gasteiger partial charge in [-0.1, -0.05) is 17.7 Å². The number of hydrogen-bond donors (Lipinski definition) is 1.